The number of aliphatic hydroxyl groups is 2. The van der Waals surface area contributed by atoms with E-state index in [-0.39, 0.29) is 12.0 Å². The van der Waals surface area contributed by atoms with E-state index in [4.69, 9.17) is 15.6 Å². The van der Waals surface area contributed by atoms with Crippen molar-refractivity contribution >= 4 is 29.1 Å². The van der Waals surface area contributed by atoms with Crippen LogP contribution in [0.1, 0.15) is 0 Å². The van der Waals surface area contributed by atoms with Gasteiger partial charge in [-0.25, -0.2) is 14.4 Å². The standard InChI is InChI=1S/C11H16FN5O3S/c1-21-9-6-8(15-11(13)16-9)17(3-14-6)10-5(12)7(19)4(2-18)20-10/h3-8,10,18-19H,2H2,1H3,(H2,13,15)/t4-,5-,6?,7-,8?,10-/m1/s1. The summed E-state index contributed by atoms with van der Waals surface area (Å²) in [7, 11) is 0. The maximum atomic E-state index is 14.2. The molecule has 8 nitrogen and oxygen atoms in total. The monoisotopic (exact) mass is 317 g/mol. The molecular weight excluding hydrogens is 301 g/mol. The highest BCUT2D eigenvalue weighted by atomic mass is 32.2. The van der Waals surface area contributed by atoms with E-state index in [1.807, 2.05) is 6.26 Å². The second kappa shape index (κ2) is 5.52. The second-order valence-corrected chi connectivity index (χ2v) is 5.72. The molecule has 0 radical (unpaired) electrons. The molecule has 1 saturated heterocycles. The highest BCUT2D eigenvalue weighted by molar-refractivity contribution is 8.13. The fourth-order valence-corrected chi connectivity index (χ4v) is 3.21. The van der Waals surface area contributed by atoms with Gasteiger partial charge in [0.1, 0.15) is 23.3 Å². The van der Waals surface area contributed by atoms with Crippen LogP contribution in [0.25, 0.3) is 0 Å². The van der Waals surface area contributed by atoms with Crippen LogP contribution < -0.4 is 5.73 Å². The van der Waals surface area contributed by atoms with Gasteiger partial charge in [0.05, 0.1) is 12.9 Å². The number of nitrogens with zero attached hydrogens (tertiary/aromatic N) is 4. The smallest absolute Gasteiger partial charge is 0.218 e. The average molecular weight is 317 g/mol. The summed E-state index contributed by atoms with van der Waals surface area (Å²) in [5, 5.41) is 19.5. The van der Waals surface area contributed by atoms with Crippen LogP contribution >= 0.6 is 11.8 Å². The highest BCUT2D eigenvalue weighted by Crippen LogP contribution is 2.32. The van der Waals surface area contributed by atoms with Crippen molar-refractivity contribution in [2.45, 2.75) is 36.8 Å². The van der Waals surface area contributed by atoms with Crippen molar-refractivity contribution in [3.8, 4) is 0 Å². The molecule has 3 heterocycles. The van der Waals surface area contributed by atoms with Gasteiger partial charge in [0.25, 0.3) is 0 Å². The number of aliphatic imine (C=N–C) groups is 3. The number of hydrogen-bond acceptors (Lipinski definition) is 9. The quantitative estimate of drug-likeness (QED) is 0.573. The topological polar surface area (TPSA) is 116 Å². The fraction of sp³-hybridized carbons (Fsp3) is 0.727. The number of thioether (sulfide) groups is 1. The molecule has 2 unspecified atom stereocenters. The minimum absolute atomic E-state index is 0.101. The number of aliphatic hydroxyl groups excluding tert-OH is 2. The maximum Gasteiger partial charge on any atom is 0.218 e. The molecule has 0 amide bonds. The Bertz CT molecular complexity index is 516. The molecular formula is C11H16FN5O3S. The van der Waals surface area contributed by atoms with Gasteiger partial charge in [0.15, 0.2) is 18.6 Å². The van der Waals surface area contributed by atoms with E-state index in [1.165, 1.54) is 23.0 Å². The average Bonchev–Trinajstić information content (AvgIpc) is 3.01. The molecule has 0 spiro atoms. The van der Waals surface area contributed by atoms with Crippen molar-refractivity contribution in [3.05, 3.63) is 0 Å². The second-order valence-electron chi connectivity index (χ2n) is 4.89. The molecule has 0 aromatic rings. The van der Waals surface area contributed by atoms with Gasteiger partial charge in [-0.05, 0) is 6.26 Å². The van der Waals surface area contributed by atoms with Crippen LogP contribution in [0.2, 0.25) is 0 Å². The zero-order valence-corrected chi connectivity index (χ0v) is 12.0. The first kappa shape index (κ1) is 14.7. The first-order valence-electron chi connectivity index (χ1n) is 6.42. The molecule has 4 N–H and O–H groups in total. The molecule has 6 atom stereocenters. The van der Waals surface area contributed by atoms with Crippen LogP contribution in [0, 0.1) is 0 Å². The van der Waals surface area contributed by atoms with Crippen molar-refractivity contribution in [1.82, 2.24) is 4.90 Å². The number of alkyl halides is 1. The number of ether oxygens (including phenoxy) is 1. The van der Waals surface area contributed by atoms with Crippen LogP contribution in [0.4, 0.5) is 4.39 Å². The first-order valence-corrected chi connectivity index (χ1v) is 7.64. The highest BCUT2D eigenvalue weighted by Gasteiger charge is 2.51. The summed E-state index contributed by atoms with van der Waals surface area (Å²) in [6.07, 6.45) is -2.33. The Morgan fingerprint density at radius 2 is 2.33 bits per heavy atom. The third kappa shape index (κ3) is 2.31. The third-order valence-electron chi connectivity index (χ3n) is 3.67. The molecule has 0 aliphatic carbocycles. The Morgan fingerprint density at radius 3 is 2.95 bits per heavy atom. The Hall–Kier alpha value is -1.23. The lowest BCUT2D eigenvalue weighted by molar-refractivity contribution is -0.0691. The van der Waals surface area contributed by atoms with Crippen LogP contribution in [-0.4, -0.2) is 82.1 Å². The van der Waals surface area contributed by atoms with Gasteiger partial charge in [-0.15, -0.1) is 11.8 Å². The minimum atomic E-state index is -1.67. The largest absolute Gasteiger partial charge is 0.394 e. The number of nitrogens with two attached hydrogens (primary N) is 1. The van der Waals surface area contributed by atoms with Crippen molar-refractivity contribution in [3.63, 3.8) is 0 Å². The van der Waals surface area contributed by atoms with E-state index in [0.29, 0.717) is 5.04 Å². The summed E-state index contributed by atoms with van der Waals surface area (Å²) < 4.78 is 19.6. The van der Waals surface area contributed by atoms with Crippen LogP contribution in [0.5, 0.6) is 0 Å². The van der Waals surface area contributed by atoms with Crippen molar-refractivity contribution in [1.29, 1.82) is 0 Å². The molecule has 3 aliphatic heterocycles. The normalized spacial score (nSPS) is 42.0. The third-order valence-corrected chi connectivity index (χ3v) is 4.42. The van der Waals surface area contributed by atoms with Gasteiger partial charge in [0.2, 0.25) is 5.96 Å². The molecule has 0 saturated carbocycles. The molecule has 10 heteroatoms. The van der Waals surface area contributed by atoms with E-state index in [1.54, 1.807) is 0 Å². The molecule has 116 valence electrons. The molecule has 0 aromatic heterocycles. The zero-order valence-electron chi connectivity index (χ0n) is 11.2. The molecule has 3 rings (SSSR count). The lowest BCUT2D eigenvalue weighted by Gasteiger charge is -2.32. The van der Waals surface area contributed by atoms with Crippen LogP contribution in [-0.2, 0) is 4.74 Å². The predicted octanol–water partition coefficient (Wildman–Crippen LogP) is -1.47. The van der Waals surface area contributed by atoms with E-state index in [2.05, 4.69) is 15.0 Å². The minimum Gasteiger partial charge on any atom is -0.394 e. The summed E-state index contributed by atoms with van der Waals surface area (Å²) in [5.41, 5.74) is 5.68. The van der Waals surface area contributed by atoms with Crippen LogP contribution in [0.15, 0.2) is 15.0 Å². The summed E-state index contributed by atoms with van der Waals surface area (Å²) in [4.78, 5) is 14.0. The molecule has 1 fully saturated rings. The van der Waals surface area contributed by atoms with Gasteiger partial charge in [-0.1, -0.05) is 0 Å². The van der Waals surface area contributed by atoms with Gasteiger partial charge in [-0.3, -0.25) is 4.99 Å². The van der Waals surface area contributed by atoms with Crippen molar-refractivity contribution in [2.75, 3.05) is 12.9 Å². The van der Waals surface area contributed by atoms with Gasteiger partial charge >= 0.3 is 0 Å². The molecule has 0 aromatic carbocycles. The van der Waals surface area contributed by atoms with Crippen molar-refractivity contribution < 1.29 is 19.3 Å². The summed E-state index contributed by atoms with van der Waals surface area (Å²) in [6, 6.07) is -0.353. The number of rotatable bonds is 2. The van der Waals surface area contributed by atoms with Gasteiger partial charge in [-0.2, -0.15) is 0 Å². The van der Waals surface area contributed by atoms with E-state index < -0.39 is 37.4 Å². The number of hydrogen-bond donors (Lipinski definition) is 3. The zero-order chi connectivity index (χ0) is 15.1. The van der Waals surface area contributed by atoms with Gasteiger partial charge in [0, 0.05) is 0 Å². The summed E-state index contributed by atoms with van der Waals surface area (Å²) in [5.74, 6) is 0.101. The Kier molecular flexibility index (Phi) is 3.86. The van der Waals surface area contributed by atoms with Crippen molar-refractivity contribution in [2.24, 2.45) is 20.7 Å². The number of fused-ring (bicyclic) bond motifs is 1. The maximum absolute atomic E-state index is 14.2. The molecule has 21 heavy (non-hydrogen) atoms. The summed E-state index contributed by atoms with van der Waals surface area (Å²) in [6.45, 7) is -0.458. The fourth-order valence-electron chi connectivity index (χ4n) is 2.61. The van der Waals surface area contributed by atoms with E-state index in [9.17, 15) is 9.50 Å². The lowest BCUT2D eigenvalue weighted by atomic mass is 10.1. The lowest BCUT2D eigenvalue weighted by Crippen LogP contribution is -2.50. The SMILES string of the molecule is CSC1=NC(N)=NC2C1N=CN2[C@@H]1O[C@H](CO)[C@@H](O)[C@H]1F. The Labute approximate surface area is 124 Å². The Morgan fingerprint density at radius 1 is 1.57 bits per heavy atom. The predicted molar refractivity (Wildman–Crippen MR) is 77.1 cm³/mol. The molecule has 0 bridgehead atoms. The van der Waals surface area contributed by atoms with Gasteiger partial charge < -0.3 is 25.6 Å². The van der Waals surface area contributed by atoms with Crippen LogP contribution in [0.3, 0.4) is 0 Å². The Balaban J connectivity index is 1.83. The molecule has 3 aliphatic rings. The number of guanidine groups is 1. The van der Waals surface area contributed by atoms with E-state index >= 15 is 0 Å². The summed E-state index contributed by atoms with van der Waals surface area (Å²) >= 11 is 1.40. The number of halogens is 1. The first-order chi connectivity index (χ1) is 10.1. The van der Waals surface area contributed by atoms with E-state index in [0.717, 1.165) is 0 Å².